The standard InChI is InChI=1S/C15H25N3O2/c1-5-18(8-9-19)15(20)16-11-13-7-6-12(2)10-14(13)17(3)4/h6-7,10,19H,5,8-9,11H2,1-4H3,(H,16,20). The summed E-state index contributed by atoms with van der Waals surface area (Å²) in [4.78, 5) is 15.6. The van der Waals surface area contributed by atoms with Gasteiger partial charge in [-0.2, -0.15) is 0 Å². The Morgan fingerprint density at radius 2 is 2.05 bits per heavy atom. The summed E-state index contributed by atoms with van der Waals surface area (Å²) in [5.41, 5.74) is 3.38. The van der Waals surface area contributed by atoms with Crippen molar-refractivity contribution in [1.82, 2.24) is 10.2 Å². The van der Waals surface area contributed by atoms with Crippen molar-refractivity contribution < 1.29 is 9.90 Å². The molecule has 2 N–H and O–H groups in total. The molecule has 0 aromatic heterocycles. The summed E-state index contributed by atoms with van der Waals surface area (Å²) < 4.78 is 0. The van der Waals surface area contributed by atoms with E-state index in [4.69, 9.17) is 5.11 Å². The molecule has 2 amide bonds. The molecule has 0 saturated heterocycles. The van der Waals surface area contributed by atoms with Gasteiger partial charge in [0, 0.05) is 39.4 Å². The molecule has 5 heteroatoms. The van der Waals surface area contributed by atoms with E-state index in [2.05, 4.69) is 18.3 Å². The number of carbonyl (C=O) groups excluding carboxylic acids is 1. The number of carbonyl (C=O) groups is 1. The smallest absolute Gasteiger partial charge is 0.317 e. The highest BCUT2D eigenvalue weighted by molar-refractivity contribution is 5.74. The van der Waals surface area contributed by atoms with Crippen LogP contribution in [0.25, 0.3) is 0 Å². The Bertz CT molecular complexity index is 447. The van der Waals surface area contributed by atoms with Gasteiger partial charge >= 0.3 is 6.03 Å². The third-order valence-electron chi connectivity index (χ3n) is 3.19. The average Bonchev–Trinajstić information content (AvgIpc) is 2.42. The zero-order valence-corrected chi connectivity index (χ0v) is 12.8. The number of aliphatic hydroxyl groups excluding tert-OH is 1. The molecule has 0 aliphatic carbocycles. The Morgan fingerprint density at radius 1 is 1.35 bits per heavy atom. The van der Waals surface area contributed by atoms with E-state index in [1.165, 1.54) is 5.56 Å². The first-order valence-corrected chi connectivity index (χ1v) is 6.90. The number of hydrogen-bond donors (Lipinski definition) is 2. The van der Waals surface area contributed by atoms with Crippen LogP contribution in [0, 0.1) is 6.92 Å². The summed E-state index contributed by atoms with van der Waals surface area (Å²) in [5, 5.41) is 11.8. The maximum absolute atomic E-state index is 12.0. The molecule has 0 spiro atoms. The van der Waals surface area contributed by atoms with Crippen molar-refractivity contribution in [3.05, 3.63) is 29.3 Å². The minimum absolute atomic E-state index is 0.0191. The molecule has 0 aliphatic rings. The van der Waals surface area contributed by atoms with Crippen LogP contribution in [0.5, 0.6) is 0 Å². The number of nitrogens with one attached hydrogen (secondary N) is 1. The number of anilines is 1. The van der Waals surface area contributed by atoms with Gasteiger partial charge in [-0.15, -0.1) is 0 Å². The van der Waals surface area contributed by atoms with Gasteiger partial charge in [-0.1, -0.05) is 12.1 Å². The van der Waals surface area contributed by atoms with Crippen molar-refractivity contribution in [2.45, 2.75) is 20.4 Å². The SMILES string of the molecule is CCN(CCO)C(=O)NCc1ccc(C)cc1N(C)C. The van der Waals surface area contributed by atoms with E-state index in [1.54, 1.807) is 4.90 Å². The summed E-state index contributed by atoms with van der Waals surface area (Å²) in [7, 11) is 3.98. The number of urea groups is 1. The molecule has 0 radical (unpaired) electrons. The lowest BCUT2D eigenvalue weighted by atomic mass is 10.1. The molecule has 1 aromatic carbocycles. The van der Waals surface area contributed by atoms with E-state index < -0.39 is 0 Å². The van der Waals surface area contributed by atoms with E-state index in [1.807, 2.05) is 38.1 Å². The van der Waals surface area contributed by atoms with Crippen LogP contribution in [-0.2, 0) is 6.54 Å². The van der Waals surface area contributed by atoms with Crippen molar-refractivity contribution in [3.8, 4) is 0 Å². The second-order valence-electron chi connectivity index (χ2n) is 4.99. The third kappa shape index (κ3) is 4.42. The van der Waals surface area contributed by atoms with E-state index in [0.29, 0.717) is 19.6 Å². The highest BCUT2D eigenvalue weighted by atomic mass is 16.3. The summed E-state index contributed by atoms with van der Waals surface area (Å²) in [5.74, 6) is 0. The van der Waals surface area contributed by atoms with Gasteiger partial charge in [-0.3, -0.25) is 0 Å². The minimum atomic E-state index is -0.146. The first kappa shape index (κ1) is 16.3. The lowest BCUT2D eigenvalue weighted by molar-refractivity contribution is 0.180. The Labute approximate surface area is 121 Å². The summed E-state index contributed by atoms with van der Waals surface area (Å²) in [6, 6.07) is 6.03. The zero-order chi connectivity index (χ0) is 15.1. The highest BCUT2D eigenvalue weighted by Gasteiger charge is 2.11. The predicted octanol–water partition coefficient (Wildman–Crippen LogP) is 1.58. The van der Waals surface area contributed by atoms with Crippen LogP contribution in [-0.4, -0.2) is 49.8 Å². The van der Waals surface area contributed by atoms with Crippen LogP contribution >= 0.6 is 0 Å². The van der Waals surface area contributed by atoms with Crippen molar-refractivity contribution in [3.63, 3.8) is 0 Å². The van der Waals surface area contributed by atoms with Crippen molar-refractivity contribution in [1.29, 1.82) is 0 Å². The van der Waals surface area contributed by atoms with E-state index >= 15 is 0 Å². The highest BCUT2D eigenvalue weighted by Crippen LogP contribution is 2.20. The molecule has 0 fully saturated rings. The largest absolute Gasteiger partial charge is 0.395 e. The summed E-state index contributed by atoms with van der Waals surface area (Å²) in [6.07, 6.45) is 0. The Balaban J connectivity index is 2.72. The zero-order valence-electron chi connectivity index (χ0n) is 12.8. The Morgan fingerprint density at radius 3 is 2.60 bits per heavy atom. The van der Waals surface area contributed by atoms with Crippen LogP contribution in [0.1, 0.15) is 18.1 Å². The molecule has 0 aliphatic heterocycles. The number of rotatable bonds is 6. The number of benzene rings is 1. The average molecular weight is 279 g/mol. The van der Waals surface area contributed by atoms with E-state index in [9.17, 15) is 4.79 Å². The van der Waals surface area contributed by atoms with Gasteiger partial charge in [0.05, 0.1) is 6.61 Å². The lowest BCUT2D eigenvalue weighted by Crippen LogP contribution is -2.41. The minimum Gasteiger partial charge on any atom is -0.395 e. The molecular weight excluding hydrogens is 254 g/mol. The Hall–Kier alpha value is -1.75. The molecule has 1 aromatic rings. The molecule has 20 heavy (non-hydrogen) atoms. The van der Waals surface area contributed by atoms with Crippen molar-refractivity contribution in [2.75, 3.05) is 38.7 Å². The molecule has 5 nitrogen and oxygen atoms in total. The summed E-state index contributed by atoms with van der Waals surface area (Å²) >= 11 is 0. The van der Waals surface area contributed by atoms with Crippen LogP contribution in [0.2, 0.25) is 0 Å². The number of nitrogens with zero attached hydrogens (tertiary/aromatic N) is 2. The fourth-order valence-electron chi connectivity index (χ4n) is 2.05. The number of aliphatic hydroxyl groups is 1. The Kier molecular flexibility index (Phi) is 6.31. The number of hydrogen-bond acceptors (Lipinski definition) is 3. The number of amides is 2. The molecular formula is C15H25N3O2. The van der Waals surface area contributed by atoms with E-state index in [-0.39, 0.29) is 12.6 Å². The maximum atomic E-state index is 12.0. The third-order valence-corrected chi connectivity index (χ3v) is 3.19. The molecule has 0 saturated carbocycles. The maximum Gasteiger partial charge on any atom is 0.317 e. The second-order valence-corrected chi connectivity index (χ2v) is 4.99. The molecule has 0 atom stereocenters. The van der Waals surface area contributed by atoms with Crippen LogP contribution in [0.15, 0.2) is 18.2 Å². The fraction of sp³-hybridized carbons (Fsp3) is 0.533. The molecule has 0 heterocycles. The van der Waals surface area contributed by atoms with E-state index in [0.717, 1.165) is 11.3 Å². The second kappa shape index (κ2) is 7.75. The fourth-order valence-corrected chi connectivity index (χ4v) is 2.05. The predicted molar refractivity (Wildman–Crippen MR) is 82.1 cm³/mol. The first-order chi connectivity index (χ1) is 9.49. The van der Waals surface area contributed by atoms with Crippen LogP contribution in [0.4, 0.5) is 10.5 Å². The monoisotopic (exact) mass is 279 g/mol. The first-order valence-electron chi connectivity index (χ1n) is 6.90. The van der Waals surface area contributed by atoms with Crippen LogP contribution in [0.3, 0.4) is 0 Å². The quantitative estimate of drug-likeness (QED) is 0.831. The van der Waals surface area contributed by atoms with Gasteiger partial charge in [-0.05, 0) is 31.0 Å². The van der Waals surface area contributed by atoms with Crippen molar-refractivity contribution >= 4 is 11.7 Å². The van der Waals surface area contributed by atoms with Crippen LogP contribution < -0.4 is 10.2 Å². The topological polar surface area (TPSA) is 55.8 Å². The van der Waals surface area contributed by atoms with Gasteiger partial charge in [0.2, 0.25) is 0 Å². The normalized spacial score (nSPS) is 10.2. The van der Waals surface area contributed by atoms with Gasteiger partial charge in [0.1, 0.15) is 0 Å². The van der Waals surface area contributed by atoms with Gasteiger partial charge in [-0.25, -0.2) is 4.79 Å². The molecule has 1 rings (SSSR count). The summed E-state index contributed by atoms with van der Waals surface area (Å²) in [6.45, 7) is 5.35. The molecule has 0 unspecified atom stereocenters. The van der Waals surface area contributed by atoms with Gasteiger partial charge in [0.25, 0.3) is 0 Å². The lowest BCUT2D eigenvalue weighted by Gasteiger charge is -2.22. The van der Waals surface area contributed by atoms with Crippen molar-refractivity contribution in [2.24, 2.45) is 0 Å². The van der Waals surface area contributed by atoms with Gasteiger partial charge in [0.15, 0.2) is 0 Å². The number of likely N-dealkylation sites (N-methyl/N-ethyl adjacent to an activating group) is 1. The number of aryl methyl sites for hydroxylation is 1. The molecule has 0 bridgehead atoms. The molecule has 112 valence electrons. The van der Waals surface area contributed by atoms with Gasteiger partial charge < -0.3 is 20.2 Å².